The lowest BCUT2D eigenvalue weighted by Crippen LogP contribution is -2.21. The molecule has 0 aromatic carbocycles. The molecule has 0 aliphatic carbocycles. The van der Waals surface area contributed by atoms with Gasteiger partial charge >= 0.3 is 5.97 Å². The molecule has 0 aliphatic heterocycles. The number of rotatable bonds is 10. The van der Waals surface area contributed by atoms with Gasteiger partial charge in [0.1, 0.15) is 0 Å². The van der Waals surface area contributed by atoms with Crippen molar-refractivity contribution in [2.45, 2.75) is 73.6 Å². The van der Waals surface area contributed by atoms with Crippen LogP contribution in [0.2, 0.25) is 0 Å². The predicted octanol–water partition coefficient (Wildman–Crippen LogP) is 6.15. The molecule has 1 N–H and O–H groups in total. The molecule has 0 radical (unpaired) electrons. The lowest BCUT2D eigenvalue weighted by atomic mass is 9.86. The van der Waals surface area contributed by atoms with E-state index in [1.54, 1.807) is 0 Å². The topological polar surface area (TPSA) is 37.3 Å². The van der Waals surface area contributed by atoms with Crippen LogP contribution in [0.25, 0.3) is 0 Å². The van der Waals surface area contributed by atoms with E-state index in [1.165, 1.54) is 16.7 Å². The van der Waals surface area contributed by atoms with Gasteiger partial charge in [0.15, 0.2) is 0 Å². The predicted molar refractivity (Wildman–Crippen MR) is 96.0 cm³/mol. The van der Waals surface area contributed by atoms with Crippen LogP contribution in [0.5, 0.6) is 0 Å². The maximum absolute atomic E-state index is 11.5. The van der Waals surface area contributed by atoms with Crippen LogP contribution in [0, 0.1) is 11.8 Å². The quantitative estimate of drug-likeness (QED) is 0.491. The van der Waals surface area contributed by atoms with Crippen molar-refractivity contribution in [3.05, 3.63) is 34.9 Å². The van der Waals surface area contributed by atoms with Crippen LogP contribution < -0.4 is 0 Å². The Kier molecular flexibility index (Phi) is 10.6. The van der Waals surface area contributed by atoms with Gasteiger partial charge in [-0.05, 0) is 72.6 Å². The van der Waals surface area contributed by atoms with Crippen molar-refractivity contribution in [2.24, 2.45) is 11.8 Å². The SMILES string of the molecule is CC(C)=CCC/C(C)=C/CC(C(=O)O)C(C)CCC=C(C)C. The maximum atomic E-state index is 11.5. The zero-order valence-corrected chi connectivity index (χ0v) is 15.3. The van der Waals surface area contributed by atoms with Crippen LogP contribution in [0.4, 0.5) is 0 Å². The summed E-state index contributed by atoms with van der Waals surface area (Å²) >= 11 is 0. The third kappa shape index (κ3) is 10.4. The molecular weight excluding hydrogens is 272 g/mol. The number of carbonyl (C=O) groups is 1. The number of allylic oxidation sites excluding steroid dienone is 6. The van der Waals surface area contributed by atoms with Crippen molar-refractivity contribution in [3.8, 4) is 0 Å². The lowest BCUT2D eigenvalue weighted by molar-refractivity contribution is -0.143. The van der Waals surface area contributed by atoms with Crippen LogP contribution in [0.15, 0.2) is 34.9 Å². The van der Waals surface area contributed by atoms with Crippen molar-refractivity contribution in [3.63, 3.8) is 0 Å². The zero-order valence-electron chi connectivity index (χ0n) is 15.3. The fourth-order valence-electron chi connectivity index (χ4n) is 2.43. The summed E-state index contributed by atoms with van der Waals surface area (Å²) in [6.45, 7) is 12.5. The highest BCUT2D eigenvalue weighted by molar-refractivity contribution is 5.70. The standard InChI is InChI=1S/C20H34O2/c1-15(2)9-7-11-17(5)13-14-19(20(21)22)18(6)12-8-10-16(3)4/h9-10,13,18-19H,7-8,11-12,14H2,1-6H3,(H,21,22)/b17-13+. The fraction of sp³-hybridized carbons (Fsp3) is 0.650. The van der Waals surface area contributed by atoms with Crippen LogP contribution in [0.3, 0.4) is 0 Å². The second-order valence-corrected chi connectivity index (χ2v) is 6.89. The minimum atomic E-state index is -0.668. The fourth-order valence-corrected chi connectivity index (χ4v) is 2.43. The van der Waals surface area contributed by atoms with E-state index in [1.807, 2.05) is 0 Å². The summed E-state index contributed by atoms with van der Waals surface area (Å²) in [7, 11) is 0. The first-order valence-electron chi connectivity index (χ1n) is 8.39. The van der Waals surface area contributed by atoms with E-state index >= 15 is 0 Å². The highest BCUT2D eigenvalue weighted by atomic mass is 16.4. The van der Waals surface area contributed by atoms with E-state index in [-0.39, 0.29) is 11.8 Å². The third-order valence-electron chi connectivity index (χ3n) is 3.99. The van der Waals surface area contributed by atoms with E-state index in [2.05, 4.69) is 59.8 Å². The van der Waals surface area contributed by atoms with Gasteiger partial charge in [0.05, 0.1) is 5.92 Å². The van der Waals surface area contributed by atoms with Gasteiger partial charge < -0.3 is 5.11 Å². The first-order valence-corrected chi connectivity index (χ1v) is 8.39. The molecule has 0 saturated carbocycles. The Morgan fingerprint density at radius 1 is 0.955 bits per heavy atom. The Morgan fingerprint density at radius 2 is 1.50 bits per heavy atom. The molecule has 0 aromatic heterocycles. The van der Waals surface area contributed by atoms with E-state index in [0.29, 0.717) is 6.42 Å². The summed E-state index contributed by atoms with van der Waals surface area (Å²) < 4.78 is 0. The van der Waals surface area contributed by atoms with Gasteiger partial charge in [-0.25, -0.2) is 0 Å². The molecule has 0 saturated heterocycles. The summed E-state index contributed by atoms with van der Waals surface area (Å²) in [4.78, 5) is 11.5. The van der Waals surface area contributed by atoms with E-state index in [0.717, 1.165) is 25.7 Å². The molecule has 2 heteroatoms. The van der Waals surface area contributed by atoms with Gasteiger partial charge in [-0.3, -0.25) is 4.79 Å². The van der Waals surface area contributed by atoms with Gasteiger partial charge in [-0.2, -0.15) is 0 Å². The molecule has 22 heavy (non-hydrogen) atoms. The summed E-state index contributed by atoms with van der Waals surface area (Å²) in [5, 5.41) is 9.46. The maximum Gasteiger partial charge on any atom is 0.307 e. The first kappa shape index (κ1) is 20.7. The largest absolute Gasteiger partial charge is 0.481 e. The van der Waals surface area contributed by atoms with E-state index in [9.17, 15) is 9.90 Å². The van der Waals surface area contributed by atoms with Crippen LogP contribution in [0.1, 0.15) is 73.6 Å². The second-order valence-electron chi connectivity index (χ2n) is 6.89. The highest BCUT2D eigenvalue weighted by Gasteiger charge is 2.22. The molecule has 126 valence electrons. The number of carboxylic acid groups (broad SMARTS) is 1. The molecule has 0 spiro atoms. The van der Waals surface area contributed by atoms with Gasteiger partial charge in [0, 0.05) is 0 Å². The van der Waals surface area contributed by atoms with Crippen molar-refractivity contribution >= 4 is 5.97 Å². The van der Waals surface area contributed by atoms with E-state index in [4.69, 9.17) is 0 Å². The van der Waals surface area contributed by atoms with E-state index < -0.39 is 5.97 Å². The monoisotopic (exact) mass is 306 g/mol. The molecule has 0 bridgehead atoms. The minimum Gasteiger partial charge on any atom is -0.481 e. The Balaban J connectivity index is 4.47. The van der Waals surface area contributed by atoms with Crippen molar-refractivity contribution < 1.29 is 9.90 Å². The Morgan fingerprint density at radius 3 is 2.00 bits per heavy atom. The smallest absolute Gasteiger partial charge is 0.307 e. The zero-order chi connectivity index (χ0) is 17.1. The molecule has 2 atom stereocenters. The average Bonchev–Trinajstić information content (AvgIpc) is 2.37. The number of hydrogen-bond acceptors (Lipinski definition) is 1. The Bertz CT molecular complexity index is 419. The molecule has 0 amide bonds. The summed E-state index contributed by atoms with van der Waals surface area (Å²) in [6, 6.07) is 0. The average molecular weight is 306 g/mol. The first-order chi connectivity index (χ1) is 10.2. The van der Waals surface area contributed by atoms with Gasteiger partial charge in [-0.1, -0.05) is 41.9 Å². The lowest BCUT2D eigenvalue weighted by Gasteiger charge is -2.18. The van der Waals surface area contributed by atoms with Crippen molar-refractivity contribution in [1.82, 2.24) is 0 Å². The van der Waals surface area contributed by atoms with Gasteiger partial charge in [0.25, 0.3) is 0 Å². The van der Waals surface area contributed by atoms with Gasteiger partial charge in [-0.15, -0.1) is 0 Å². The Labute approximate surface area is 137 Å². The van der Waals surface area contributed by atoms with Crippen LogP contribution in [-0.2, 0) is 4.79 Å². The number of carboxylic acids is 1. The van der Waals surface area contributed by atoms with Crippen LogP contribution in [-0.4, -0.2) is 11.1 Å². The molecule has 0 aliphatic rings. The van der Waals surface area contributed by atoms with Gasteiger partial charge in [0.2, 0.25) is 0 Å². The second kappa shape index (κ2) is 11.3. The molecule has 0 fully saturated rings. The summed E-state index contributed by atoms with van der Waals surface area (Å²) in [5.41, 5.74) is 3.93. The normalized spacial score (nSPS) is 14.2. The molecular formula is C20H34O2. The number of aliphatic carboxylic acids is 1. The third-order valence-corrected chi connectivity index (χ3v) is 3.99. The van der Waals surface area contributed by atoms with Crippen molar-refractivity contribution in [1.29, 1.82) is 0 Å². The highest BCUT2D eigenvalue weighted by Crippen LogP contribution is 2.23. The Hall–Kier alpha value is -1.31. The van der Waals surface area contributed by atoms with Crippen molar-refractivity contribution in [2.75, 3.05) is 0 Å². The molecule has 0 aromatic rings. The molecule has 2 unspecified atom stereocenters. The molecule has 2 nitrogen and oxygen atoms in total. The molecule has 0 rings (SSSR count). The summed E-state index contributed by atoms with van der Waals surface area (Å²) in [6.07, 6.45) is 11.1. The van der Waals surface area contributed by atoms with Crippen LogP contribution >= 0.6 is 0 Å². The molecule has 0 heterocycles. The minimum absolute atomic E-state index is 0.204. The summed E-state index contributed by atoms with van der Waals surface area (Å²) in [5.74, 6) is -0.739. The number of hydrogen-bond donors (Lipinski definition) is 1.